The first-order valence-corrected chi connectivity index (χ1v) is 10.0. The van der Waals surface area contributed by atoms with Crippen molar-refractivity contribution in [3.05, 3.63) is 48.2 Å². The van der Waals surface area contributed by atoms with E-state index in [1.807, 2.05) is 6.20 Å². The summed E-state index contributed by atoms with van der Waals surface area (Å²) in [5, 5.41) is 0. The maximum atomic E-state index is 5.83. The molecule has 2 heteroatoms. The van der Waals surface area contributed by atoms with Crippen molar-refractivity contribution in [1.82, 2.24) is 4.98 Å². The van der Waals surface area contributed by atoms with Crippen LogP contribution in [0.1, 0.15) is 70.8 Å². The van der Waals surface area contributed by atoms with E-state index in [0.717, 1.165) is 36.5 Å². The van der Waals surface area contributed by atoms with Crippen molar-refractivity contribution in [1.29, 1.82) is 0 Å². The minimum absolute atomic E-state index is 0.813. The number of aryl methyl sites for hydroxylation is 1. The lowest BCUT2D eigenvalue weighted by Gasteiger charge is -2.08. The Morgan fingerprint density at radius 3 is 2.16 bits per heavy atom. The molecule has 0 atom stereocenters. The summed E-state index contributed by atoms with van der Waals surface area (Å²) in [6, 6.07) is 12.6. The number of aromatic nitrogens is 1. The summed E-state index contributed by atoms with van der Waals surface area (Å²) in [4.78, 5) is 4.62. The first-order valence-electron chi connectivity index (χ1n) is 10.0. The summed E-state index contributed by atoms with van der Waals surface area (Å²) >= 11 is 0. The predicted molar refractivity (Wildman–Crippen MR) is 107 cm³/mol. The van der Waals surface area contributed by atoms with Crippen LogP contribution in [0.2, 0.25) is 0 Å². The Labute approximate surface area is 153 Å². The molecule has 0 aliphatic heterocycles. The van der Waals surface area contributed by atoms with Crippen LogP contribution in [-0.2, 0) is 6.42 Å². The maximum absolute atomic E-state index is 5.83. The van der Waals surface area contributed by atoms with E-state index in [2.05, 4.69) is 55.2 Å². The Bertz CT molecular complexity index is 574. The van der Waals surface area contributed by atoms with Gasteiger partial charge in [0.1, 0.15) is 5.75 Å². The summed E-state index contributed by atoms with van der Waals surface area (Å²) in [7, 11) is 0. The van der Waals surface area contributed by atoms with E-state index < -0.39 is 0 Å². The fraction of sp³-hybridized carbons (Fsp3) is 0.522. The monoisotopic (exact) mass is 339 g/mol. The molecule has 0 spiro atoms. The van der Waals surface area contributed by atoms with Gasteiger partial charge in [-0.1, -0.05) is 58.4 Å². The second kappa shape index (κ2) is 11.7. The average Bonchev–Trinajstić information content (AvgIpc) is 2.66. The van der Waals surface area contributed by atoms with E-state index in [0.29, 0.717) is 0 Å². The minimum atomic E-state index is 0.813. The third-order valence-corrected chi connectivity index (χ3v) is 4.56. The van der Waals surface area contributed by atoms with E-state index in [1.54, 1.807) is 0 Å². The predicted octanol–water partition coefficient (Wildman–Crippen LogP) is 6.83. The van der Waals surface area contributed by atoms with Crippen molar-refractivity contribution < 1.29 is 4.74 Å². The smallest absolute Gasteiger partial charge is 0.119 e. The lowest BCUT2D eigenvalue weighted by Crippen LogP contribution is -1.97. The van der Waals surface area contributed by atoms with Gasteiger partial charge in [-0.15, -0.1) is 0 Å². The summed E-state index contributed by atoms with van der Waals surface area (Å²) in [6.07, 6.45) is 13.3. The molecule has 1 aromatic carbocycles. The number of ether oxygens (including phenoxy) is 1. The summed E-state index contributed by atoms with van der Waals surface area (Å²) in [6.45, 7) is 5.29. The van der Waals surface area contributed by atoms with Crippen LogP contribution in [0.4, 0.5) is 0 Å². The first-order chi connectivity index (χ1) is 12.3. The molecule has 1 aromatic heterocycles. The zero-order chi connectivity index (χ0) is 17.7. The molecule has 0 unspecified atom stereocenters. The van der Waals surface area contributed by atoms with Crippen molar-refractivity contribution in [3.63, 3.8) is 0 Å². The van der Waals surface area contributed by atoms with Crippen molar-refractivity contribution >= 4 is 0 Å². The molecule has 0 saturated heterocycles. The highest BCUT2D eigenvalue weighted by atomic mass is 16.5. The third kappa shape index (κ3) is 7.29. The number of benzene rings is 1. The first kappa shape index (κ1) is 19.5. The Morgan fingerprint density at radius 1 is 0.760 bits per heavy atom. The highest BCUT2D eigenvalue weighted by Crippen LogP contribution is 2.21. The number of nitrogens with zero attached hydrogens (tertiary/aromatic N) is 1. The van der Waals surface area contributed by atoms with Gasteiger partial charge < -0.3 is 4.74 Å². The SMILES string of the molecule is CCCCCCCOc1ccc(-c2ccc(CCCCC)cn2)cc1. The molecule has 2 rings (SSSR count). The summed E-state index contributed by atoms with van der Waals surface area (Å²) in [5.41, 5.74) is 3.51. The molecule has 0 amide bonds. The van der Waals surface area contributed by atoms with Crippen LogP contribution in [0.25, 0.3) is 11.3 Å². The second-order valence-corrected chi connectivity index (χ2v) is 6.80. The lowest BCUT2D eigenvalue weighted by molar-refractivity contribution is 0.304. The molecule has 1 heterocycles. The normalized spacial score (nSPS) is 10.8. The van der Waals surface area contributed by atoms with Gasteiger partial charge in [-0.2, -0.15) is 0 Å². The molecule has 2 nitrogen and oxygen atoms in total. The third-order valence-electron chi connectivity index (χ3n) is 4.56. The molecular weight excluding hydrogens is 306 g/mol. The zero-order valence-corrected chi connectivity index (χ0v) is 16.0. The van der Waals surface area contributed by atoms with E-state index >= 15 is 0 Å². The van der Waals surface area contributed by atoms with Crippen LogP contribution in [0.15, 0.2) is 42.6 Å². The van der Waals surface area contributed by atoms with Crippen molar-refractivity contribution in [3.8, 4) is 17.0 Å². The van der Waals surface area contributed by atoms with Crippen LogP contribution in [0, 0.1) is 0 Å². The minimum Gasteiger partial charge on any atom is -0.494 e. The van der Waals surface area contributed by atoms with Gasteiger partial charge in [-0.25, -0.2) is 0 Å². The van der Waals surface area contributed by atoms with E-state index in [4.69, 9.17) is 4.74 Å². The van der Waals surface area contributed by atoms with Gasteiger partial charge in [0, 0.05) is 11.8 Å². The van der Waals surface area contributed by atoms with Crippen LogP contribution >= 0.6 is 0 Å². The number of pyridine rings is 1. The number of rotatable bonds is 12. The number of unbranched alkanes of at least 4 members (excludes halogenated alkanes) is 6. The molecule has 0 bridgehead atoms. The van der Waals surface area contributed by atoms with Gasteiger partial charge in [-0.3, -0.25) is 4.98 Å². The van der Waals surface area contributed by atoms with Gasteiger partial charge in [0.25, 0.3) is 0 Å². The van der Waals surface area contributed by atoms with Gasteiger partial charge in [-0.05, 0) is 55.2 Å². The van der Waals surface area contributed by atoms with Crippen molar-refractivity contribution in [2.24, 2.45) is 0 Å². The van der Waals surface area contributed by atoms with E-state index in [-0.39, 0.29) is 0 Å². The Balaban J connectivity index is 1.79. The quantitative estimate of drug-likeness (QED) is 0.395. The molecule has 0 N–H and O–H groups in total. The van der Waals surface area contributed by atoms with E-state index in [9.17, 15) is 0 Å². The Kier molecular flexibility index (Phi) is 9.11. The topological polar surface area (TPSA) is 22.1 Å². The van der Waals surface area contributed by atoms with Gasteiger partial charge in [0.15, 0.2) is 0 Å². The maximum Gasteiger partial charge on any atom is 0.119 e. The molecule has 0 saturated carbocycles. The fourth-order valence-corrected chi connectivity index (χ4v) is 2.94. The molecule has 0 fully saturated rings. The van der Waals surface area contributed by atoms with Gasteiger partial charge in [0.2, 0.25) is 0 Å². The van der Waals surface area contributed by atoms with Crippen LogP contribution < -0.4 is 4.74 Å². The van der Waals surface area contributed by atoms with Crippen LogP contribution in [-0.4, -0.2) is 11.6 Å². The fourth-order valence-electron chi connectivity index (χ4n) is 2.94. The van der Waals surface area contributed by atoms with Crippen molar-refractivity contribution in [2.75, 3.05) is 6.61 Å². The Hall–Kier alpha value is -1.83. The van der Waals surface area contributed by atoms with Gasteiger partial charge in [0.05, 0.1) is 12.3 Å². The lowest BCUT2D eigenvalue weighted by atomic mass is 10.1. The summed E-state index contributed by atoms with van der Waals surface area (Å²) in [5.74, 6) is 0.954. The van der Waals surface area contributed by atoms with E-state index in [1.165, 1.54) is 50.5 Å². The largest absolute Gasteiger partial charge is 0.494 e. The molecule has 25 heavy (non-hydrogen) atoms. The summed E-state index contributed by atoms with van der Waals surface area (Å²) < 4.78 is 5.83. The molecule has 136 valence electrons. The number of hydrogen-bond donors (Lipinski definition) is 0. The molecule has 0 radical (unpaired) electrons. The highest BCUT2D eigenvalue weighted by Gasteiger charge is 2.01. The zero-order valence-electron chi connectivity index (χ0n) is 16.0. The van der Waals surface area contributed by atoms with Crippen molar-refractivity contribution in [2.45, 2.75) is 71.6 Å². The molecule has 2 aromatic rings. The van der Waals surface area contributed by atoms with Crippen LogP contribution in [0.5, 0.6) is 5.75 Å². The van der Waals surface area contributed by atoms with Crippen LogP contribution in [0.3, 0.4) is 0 Å². The molecular formula is C23H33NO. The Morgan fingerprint density at radius 2 is 1.48 bits per heavy atom. The molecule has 0 aliphatic carbocycles. The molecule has 0 aliphatic rings. The second-order valence-electron chi connectivity index (χ2n) is 6.80. The van der Waals surface area contributed by atoms with Gasteiger partial charge >= 0.3 is 0 Å². The average molecular weight is 340 g/mol. The number of hydrogen-bond acceptors (Lipinski definition) is 2. The standard InChI is InChI=1S/C23H33NO/c1-3-5-7-8-10-18-25-22-15-13-21(14-16-22)23-17-12-20(19-24-23)11-9-6-4-2/h12-17,19H,3-11,18H2,1-2H3. The highest BCUT2D eigenvalue weighted by molar-refractivity contribution is 5.60.